The van der Waals surface area contributed by atoms with Gasteiger partial charge in [0.15, 0.2) is 0 Å². The van der Waals surface area contributed by atoms with Crippen molar-refractivity contribution < 1.29 is 9.59 Å². The molecular weight excluding hydrogens is 438 g/mol. The van der Waals surface area contributed by atoms with Crippen molar-refractivity contribution in [1.82, 2.24) is 20.1 Å². The standard InChI is InChI=1S/C25H32ClN5O2/c1-30(2)11-12-31-22-14-18(26)10-9-17(22)13-23(31)25(33)28-20-6-4-3-5-19(20)24(32)29-21(15-27)16-7-8-16/h9-10,13-14,16,19-21H,3-8,11-12H2,1-2H3,(H,28,33)(H,29,32)/t19-,20+,21-/m1/s1. The lowest BCUT2D eigenvalue weighted by Crippen LogP contribution is -2.50. The third-order valence-electron chi connectivity index (χ3n) is 6.82. The maximum Gasteiger partial charge on any atom is 0.268 e. The molecule has 33 heavy (non-hydrogen) atoms. The molecule has 2 N–H and O–H groups in total. The zero-order chi connectivity index (χ0) is 23.5. The molecule has 2 aliphatic carbocycles. The average Bonchev–Trinajstić information content (AvgIpc) is 3.57. The molecule has 1 aromatic heterocycles. The molecule has 8 heteroatoms. The molecule has 0 bridgehead atoms. The molecule has 0 spiro atoms. The number of nitrogens with zero attached hydrogens (tertiary/aromatic N) is 3. The van der Waals surface area contributed by atoms with Gasteiger partial charge in [-0.15, -0.1) is 0 Å². The van der Waals surface area contributed by atoms with Crippen LogP contribution in [0.4, 0.5) is 0 Å². The lowest BCUT2D eigenvalue weighted by molar-refractivity contribution is -0.127. The molecule has 3 atom stereocenters. The van der Waals surface area contributed by atoms with Crippen LogP contribution in [0.1, 0.15) is 49.0 Å². The van der Waals surface area contributed by atoms with Crippen LogP contribution in [0.5, 0.6) is 0 Å². The van der Waals surface area contributed by atoms with E-state index >= 15 is 0 Å². The van der Waals surface area contributed by atoms with Gasteiger partial charge in [-0.3, -0.25) is 9.59 Å². The van der Waals surface area contributed by atoms with E-state index in [0.29, 0.717) is 17.3 Å². The number of likely N-dealkylation sites (N-methyl/N-ethyl adjacent to an activating group) is 1. The maximum absolute atomic E-state index is 13.4. The molecule has 0 saturated heterocycles. The molecule has 2 aliphatic rings. The van der Waals surface area contributed by atoms with E-state index in [1.165, 1.54) is 0 Å². The van der Waals surface area contributed by atoms with Crippen molar-refractivity contribution in [2.75, 3.05) is 20.6 Å². The Morgan fingerprint density at radius 3 is 2.67 bits per heavy atom. The molecule has 0 unspecified atom stereocenters. The predicted octanol–water partition coefficient (Wildman–Crippen LogP) is 3.56. The normalized spacial score (nSPS) is 21.5. The Morgan fingerprint density at radius 2 is 1.97 bits per heavy atom. The lowest BCUT2D eigenvalue weighted by Gasteiger charge is -2.32. The SMILES string of the molecule is CN(C)CCn1c(C(=O)N[C@H]2CCCC[C@H]2C(=O)N[C@H](C#N)C2CC2)cc2ccc(Cl)cc21. The van der Waals surface area contributed by atoms with Crippen molar-refractivity contribution in [1.29, 1.82) is 5.26 Å². The monoisotopic (exact) mass is 469 g/mol. The number of rotatable bonds is 8. The first kappa shape index (κ1) is 23.6. The molecule has 0 radical (unpaired) electrons. The smallest absolute Gasteiger partial charge is 0.268 e. The Morgan fingerprint density at radius 1 is 1.21 bits per heavy atom. The van der Waals surface area contributed by atoms with Crippen LogP contribution in [0, 0.1) is 23.2 Å². The number of fused-ring (bicyclic) bond motifs is 1. The van der Waals surface area contributed by atoms with Crippen molar-refractivity contribution in [2.24, 2.45) is 11.8 Å². The average molecular weight is 470 g/mol. The molecule has 4 rings (SSSR count). The number of aromatic nitrogens is 1. The molecule has 2 fully saturated rings. The Labute approximate surface area is 200 Å². The number of hydrogen-bond donors (Lipinski definition) is 2. The van der Waals surface area contributed by atoms with Gasteiger partial charge < -0.3 is 20.1 Å². The van der Waals surface area contributed by atoms with Crippen LogP contribution in [-0.4, -0.2) is 54.0 Å². The number of nitriles is 1. The minimum Gasteiger partial charge on any atom is -0.347 e. The van der Waals surface area contributed by atoms with Crippen molar-refractivity contribution in [3.05, 3.63) is 35.0 Å². The van der Waals surface area contributed by atoms with E-state index < -0.39 is 6.04 Å². The summed E-state index contributed by atoms with van der Waals surface area (Å²) in [6.45, 7) is 1.43. The number of hydrogen-bond acceptors (Lipinski definition) is 4. The second-order valence-electron chi connectivity index (χ2n) is 9.61. The highest BCUT2D eigenvalue weighted by atomic mass is 35.5. The summed E-state index contributed by atoms with van der Waals surface area (Å²) < 4.78 is 2.01. The Kier molecular flexibility index (Phi) is 7.26. The third kappa shape index (κ3) is 5.51. The van der Waals surface area contributed by atoms with Gasteiger partial charge in [0.2, 0.25) is 5.91 Å². The number of benzene rings is 1. The first-order valence-electron chi connectivity index (χ1n) is 11.8. The Balaban J connectivity index is 1.53. The Hall–Kier alpha value is -2.56. The van der Waals surface area contributed by atoms with Gasteiger partial charge >= 0.3 is 0 Å². The van der Waals surface area contributed by atoms with Crippen molar-refractivity contribution in [3.63, 3.8) is 0 Å². The van der Waals surface area contributed by atoms with Crippen LogP contribution < -0.4 is 10.6 Å². The fourth-order valence-electron chi connectivity index (χ4n) is 4.76. The predicted molar refractivity (Wildman–Crippen MR) is 129 cm³/mol. The third-order valence-corrected chi connectivity index (χ3v) is 7.05. The number of nitrogens with one attached hydrogen (secondary N) is 2. The topological polar surface area (TPSA) is 90.2 Å². The van der Waals surface area contributed by atoms with Gasteiger partial charge in [0.1, 0.15) is 11.7 Å². The molecular formula is C25H32ClN5O2. The minimum atomic E-state index is -0.422. The lowest BCUT2D eigenvalue weighted by atomic mass is 9.83. The molecule has 7 nitrogen and oxygen atoms in total. The summed E-state index contributed by atoms with van der Waals surface area (Å²) in [7, 11) is 4.00. The summed E-state index contributed by atoms with van der Waals surface area (Å²) in [6.07, 6.45) is 5.38. The van der Waals surface area contributed by atoms with E-state index in [1.54, 1.807) is 0 Å². The van der Waals surface area contributed by atoms with Gasteiger partial charge in [-0.2, -0.15) is 5.26 Å². The fourth-order valence-corrected chi connectivity index (χ4v) is 4.93. The molecule has 1 heterocycles. The van der Waals surface area contributed by atoms with Gasteiger partial charge in [0.05, 0.1) is 17.5 Å². The summed E-state index contributed by atoms with van der Waals surface area (Å²) in [5, 5.41) is 17.1. The molecule has 2 amide bonds. The van der Waals surface area contributed by atoms with Crippen LogP contribution >= 0.6 is 11.6 Å². The van der Waals surface area contributed by atoms with Gasteiger partial charge in [-0.25, -0.2) is 0 Å². The number of carbonyl (C=O) groups is 2. The highest BCUT2D eigenvalue weighted by Crippen LogP contribution is 2.33. The van der Waals surface area contributed by atoms with Crippen LogP contribution in [0.3, 0.4) is 0 Å². The summed E-state index contributed by atoms with van der Waals surface area (Å²) in [6, 6.07) is 9.11. The first-order valence-corrected chi connectivity index (χ1v) is 12.2. The zero-order valence-electron chi connectivity index (χ0n) is 19.3. The van der Waals surface area contributed by atoms with Crippen molar-refractivity contribution >= 4 is 34.3 Å². The van der Waals surface area contributed by atoms with Gasteiger partial charge in [0, 0.05) is 29.5 Å². The van der Waals surface area contributed by atoms with E-state index in [-0.39, 0.29) is 29.7 Å². The van der Waals surface area contributed by atoms with Gasteiger partial charge in [-0.1, -0.05) is 30.5 Å². The summed E-state index contributed by atoms with van der Waals surface area (Å²) in [5.74, 6) is -0.329. The van der Waals surface area contributed by atoms with E-state index in [4.69, 9.17) is 11.6 Å². The Bertz CT molecular complexity index is 1070. The summed E-state index contributed by atoms with van der Waals surface area (Å²) >= 11 is 6.24. The van der Waals surface area contributed by atoms with E-state index in [0.717, 1.165) is 56.0 Å². The zero-order valence-corrected chi connectivity index (χ0v) is 20.1. The fraction of sp³-hybridized carbons (Fsp3) is 0.560. The van der Waals surface area contributed by atoms with Crippen LogP contribution in [-0.2, 0) is 11.3 Å². The van der Waals surface area contributed by atoms with Gasteiger partial charge in [-0.05, 0) is 63.9 Å². The molecule has 2 aromatic rings. The second-order valence-corrected chi connectivity index (χ2v) is 10.0. The molecule has 176 valence electrons. The van der Waals surface area contributed by atoms with Gasteiger partial charge in [0.25, 0.3) is 5.91 Å². The van der Waals surface area contributed by atoms with E-state index in [9.17, 15) is 14.9 Å². The molecule has 0 aliphatic heterocycles. The molecule has 1 aromatic carbocycles. The van der Waals surface area contributed by atoms with Crippen LogP contribution in [0.2, 0.25) is 5.02 Å². The van der Waals surface area contributed by atoms with E-state index in [2.05, 4.69) is 21.6 Å². The second kappa shape index (κ2) is 10.1. The molecule has 2 saturated carbocycles. The summed E-state index contributed by atoms with van der Waals surface area (Å²) in [5.41, 5.74) is 1.50. The van der Waals surface area contributed by atoms with Crippen molar-refractivity contribution in [3.8, 4) is 6.07 Å². The first-order chi connectivity index (χ1) is 15.9. The number of halogens is 1. The number of amides is 2. The minimum absolute atomic E-state index is 0.113. The van der Waals surface area contributed by atoms with Crippen LogP contribution in [0.15, 0.2) is 24.3 Å². The van der Waals surface area contributed by atoms with E-state index in [1.807, 2.05) is 42.9 Å². The number of carbonyl (C=O) groups excluding carboxylic acids is 2. The van der Waals surface area contributed by atoms with Crippen molar-refractivity contribution in [2.45, 2.75) is 57.2 Å². The maximum atomic E-state index is 13.4. The highest BCUT2D eigenvalue weighted by molar-refractivity contribution is 6.31. The largest absolute Gasteiger partial charge is 0.347 e. The van der Waals surface area contributed by atoms with Crippen LogP contribution in [0.25, 0.3) is 10.9 Å². The quantitative estimate of drug-likeness (QED) is 0.618. The summed E-state index contributed by atoms with van der Waals surface area (Å²) in [4.78, 5) is 28.5. The highest BCUT2D eigenvalue weighted by Gasteiger charge is 2.37.